The first kappa shape index (κ1) is 11.2. The van der Waals surface area contributed by atoms with Crippen LogP contribution in [0.3, 0.4) is 0 Å². The average molecular weight is 211 g/mol. The van der Waals surface area contributed by atoms with Crippen molar-refractivity contribution in [1.82, 2.24) is 15.4 Å². The van der Waals surface area contributed by atoms with Crippen LogP contribution in [-0.2, 0) is 4.74 Å². The van der Waals surface area contributed by atoms with Gasteiger partial charge in [-0.3, -0.25) is 0 Å². The lowest BCUT2D eigenvalue weighted by Crippen LogP contribution is -2.28. The third-order valence-electron chi connectivity index (χ3n) is 1.46. The summed E-state index contributed by atoms with van der Waals surface area (Å²) in [5.41, 5.74) is 3.60. The van der Waals surface area contributed by atoms with E-state index in [1.54, 1.807) is 13.0 Å². The van der Waals surface area contributed by atoms with Crippen LogP contribution in [0.15, 0.2) is 6.07 Å². The van der Waals surface area contributed by atoms with Gasteiger partial charge in [0.2, 0.25) is 0 Å². The van der Waals surface area contributed by atoms with E-state index in [9.17, 15) is 4.79 Å². The lowest BCUT2D eigenvalue weighted by molar-refractivity contribution is 0.0991. The van der Waals surface area contributed by atoms with Crippen LogP contribution in [0.4, 0.5) is 4.79 Å². The number of nitrogens with one attached hydrogen (secondary N) is 1. The Labute approximate surface area is 87.6 Å². The molecule has 6 heteroatoms. The van der Waals surface area contributed by atoms with Gasteiger partial charge in [-0.05, 0) is 26.8 Å². The maximum atomic E-state index is 10.9. The van der Waals surface area contributed by atoms with Crippen LogP contribution in [0.5, 0.6) is 6.01 Å². The summed E-state index contributed by atoms with van der Waals surface area (Å²) < 4.78 is 4.59. The number of hydrogen-bond donors (Lipinski definition) is 1. The highest BCUT2D eigenvalue weighted by atomic mass is 16.7. The first-order valence-corrected chi connectivity index (χ1v) is 4.53. The molecule has 6 nitrogen and oxygen atoms in total. The monoisotopic (exact) mass is 211 g/mol. The van der Waals surface area contributed by atoms with Gasteiger partial charge in [0.1, 0.15) is 0 Å². The van der Waals surface area contributed by atoms with Gasteiger partial charge in [-0.15, -0.1) is 5.48 Å². The molecule has 1 aromatic rings. The van der Waals surface area contributed by atoms with Crippen LogP contribution in [0.1, 0.15) is 18.3 Å². The molecule has 0 bridgehead atoms. The zero-order valence-electron chi connectivity index (χ0n) is 8.90. The predicted molar refractivity (Wildman–Crippen MR) is 52.3 cm³/mol. The normalized spacial score (nSPS) is 9.53. The molecule has 1 aromatic heterocycles. The van der Waals surface area contributed by atoms with Crippen LogP contribution in [-0.4, -0.2) is 22.7 Å². The van der Waals surface area contributed by atoms with E-state index in [-0.39, 0.29) is 12.6 Å². The third-order valence-corrected chi connectivity index (χ3v) is 1.46. The second kappa shape index (κ2) is 5.14. The minimum atomic E-state index is -0.666. The highest BCUT2D eigenvalue weighted by molar-refractivity contribution is 5.65. The molecule has 0 aliphatic carbocycles. The summed E-state index contributed by atoms with van der Waals surface area (Å²) in [5.74, 6) is 0. The number of hydrogen-bond acceptors (Lipinski definition) is 5. The van der Waals surface area contributed by atoms with E-state index in [2.05, 4.69) is 20.2 Å². The second-order valence-electron chi connectivity index (χ2n) is 2.86. The Morgan fingerprint density at radius 1 is 1.40 bits per heavy atom. The summed E-state index contributed by atoms with van der Waals surface area (Å²) in [6.45, 7) is 5.60. The number of rotatable bonds is 3. The summed E-state index contributed by atoms with van der Waals surface area (Å²) in [4.78, 5) is 23.6. The summed E-state index contributed by atoms with van der Waals surface area (Å²) in [7, 11) is 0. The van der Waals surface area contributed by atoms with Crippen molar-refractivity contribution in [2.45, 2.75) is 20.8 Å². The molecule has 1 rings (SSSR count). The zero-order chi connectivity index (χ0) is 11.3. The van der Waals surface area contributed by atoms with Crippen molar-refractivity contribution in [2.75, 3.05) is 6.61 Å². The number of carbonyl (C=O) groups excluding carboxylic acids is 1. The molecule has 0 aromatic carbocycles. The van der Waals surface area contributed by atoms with Gasteiger partial charge < -0.3 is 9.57 Å². The van der Waals surface area contributed by atoms with E-state index in [4.69, 9.17) is 4.84 Å². The smallest absolute Gasteiger partial charge is 0.440 e. The fraction of sp³-hybridized carbons (Fsp3) is 0.444. The zero-order valence-corrected chi connectivity index (χ0v) is 8.90. The molecule has 0 fully saturated rings. The maximum absolute atomic E-state index is 10.9. The summed E-state index contributed by atoms with van der Waals surface area (Å²) in [6, 6.07) is 1.90. The SMILES string of the molecule is CCOC(=O)NOc1nc(C)cc(C)n1. The molecule has 0 radical (unpaired) electrons. The fourth-order valence-electron chi connectivity index (χ4n) is 0.987. The molecular weight excluding hydrogens is 198 g/mol. The van der Waals surface area contributed by atoms with Crippen LogP contribution >= 0.6 is 0 Å². The van der Waals surface area contributed by atoms with Crippen molar-refractivity contribution in [3.05, 3.63) is 17.5 Å². The highest BCUT2D eigenvalue weighted by Crippen LogP contribution is 2.04. The van der Waals surface area contributed by atoms with E-state index in [1.165, 1.54) is 0 Å². The van der Waals surface area contributed by atoms with Gasteiger partial charge in [-0.2, -0.15) is 9.97 Å². The minimum absolute atomic E-state index is 0.0977. The molecule has 15 heavy (non-hydrogen) atoms. The molecule has 0 atom stereocenters. The van der Waals surface area contributed by atoms with Gasteiger partial charge in [0, 0.05) is 11.4 Å². The average Bonchev–Trinajstić information content (AvgIpc) is 2.14. The van der Waals surface area contributed by atoms with Crippen LogP contribution < -0.4 is 10.3 Å². The molecule has 82 valence electrons. The van der Waals surface area contributed by atoms with Crippen molar-refractivity contribution in [3.8, 4) is 6.01 Å². The summed E-state index contributed by atoms with van der Waals surface area (Å²) >= 11 is 0. The standard InChI is InChI=1S/C9H13N3O3/c1-4-14-9(13)12-15-8-10-6(2)5-7(3)11-8/h5H,4H2,1-3H3,(H,12,13). The van der Waals surface area contributed by atoms with Gasteiger partial charge in [-0.1, -0.05) is 0 Å². The van der Waals surface area contributed by atoms with Crippen LogP contribution in [0.25, 0.3) is 0 Å². The Kier molecular flexibility index (Phi) is 3.84. The van der Waals surface area contributed by atoms with Gasteiger partial charge in [0.25, 0.3) is 0 Å². The van der Waals surface area contributed by atoms with Crippen molar-refractivity contribution in [3.63, 3.8) is 0 Å². The fourth-order valence-corrected chi connectivity index (χ4v) is 0.987. The quantitative estimate of drug-likeness (QED) is 0.759. The molecule has 1 N–H and O–H groups in total. The molecule has 0 unspecified atom stereocenters. The molecule has 0 saturated heterocycles. The topological polar surface area (TPSA) is 73.3 Å². The molecule has 0 saturated carbocycles. The predicted octanol–water partition coefficient (Wildman–Crippen LogP) is 1.13. The number of hydroxylamine groups is 1. The first-order valence-electron chi connectivity index (χ1n) is 4.53. The molecule has 1 heterocycles. The Morgan fingerprint density at radius 3 is 2.53 bits per heavy atom. The van der Waals surface area contributed by atoms with Gasteiger partial charge in [-0.25, -0.2) is 4.79 Å². The Hall–Kier alpha value is -1.85. The van der Waals surface area contributed by atoms with Crippen LogP contribution in [0.2, 0.25) is 0 Å². The van der Waals surface area contributed by atoms with Crippen molar-refractivity contribution >= 4 is 6.09 Å². The largest absolute Gasteiger partial charge is 0.448 e. The van der Waals surface area contributed by atoms with E-state index in [0.717, 1.165) is 11.4 Å². The highest BCUT2D eigenvalue weighted by Gasteiger charge is 2.04. The second-order valence-corrected chi connectivity index (χ2v) is 2.86. The first-order chi connectivity index (χ1) is 7.11. The lowest BCUT2D eigenvalue weighted by Gasteiger charge is -2.05. The summed E-state index contributed by atoms with van der Waals surface area (Å²) in [6.07, 6.45) is -0.666. The van der Waals surface area contributed by atoms with Crippen molar-refractivity contribution in [2.24, 2.45) is 0 Å². The molecule has 1 amide bonds. The van der Waals surface area contributed by atoms with Crippen LogP contribution in [0, 0.1) is 13.8 Å². The van der Waals surface area contributed by atoms with Gasteiger partial charge in [0.15, 0.2) is 0 Å². The number of ether oxygens (including phenoxy) is 1. The molecule has 0 spiro atoms. The van der Waals surface area contributed by atoms with Gasteiger partial charge in [0.05, 0.1) is 6.61 Å². The number of nitrogens with zero attached hydrogens (tertiary/aromatic N) is 2. The maximum Gasteiger partial charge on any atom is 0.440 e. The van der Waals surface area contributed by atoms with Crippen molar-refractivity contribution in [1.29, 1.82) is 0 Å². The van der Waals surface area contributed by atoms with E-state index in [1.807, 2.05) is 13.8 Å². The Balaban J connectivity index is 2.54. The number of amides is 1. The Morgan fingerprint density at radius 2 is 2.00 bits per heavy atom. The minimum Gasteiger partial charge on any atom is -0.448 e. The van der Waals surface area contributed by atoms with E-state index >= 15 is 0 Å². The van der Waals surface area contributed by atoms with Crippen molar-refractivity contribution < 1.29 is 14.4 Å². The number of aryl methyl sites for hydroxylation is 2. The molecular formula is C9H13N3O3. The Bertz CT molecular complexity index is 334. The molecule has 0 aliphatic rings. The molecule has 0 aliphatic heterocycles. The number of aromatic nitrogens is 2. The summed E-state index contributed by atoms with van der Waals surface area (Å²) in [5, 5.41) is 0. The third kappa shape index (κ3) is 3.80. The van der Waals surface area contributed by atoms with E-state index < -0.39 is 6.09 Å². The number of carbonyl (C=O) groups is 1. The van der Waals surface area contributed by atoms with E-state index in [0.29, 0.717) is 0 Å². The van der Waals surface area contributed by atoms with Gasteiger partial charge >= 0.3 is 12.1 Å². The lowest BCUT2D eigenvalue weighted by atomic mass is 10.4.